The van der Waals surface area contributed by atoms with Crippen LogP contribution in [0.15, 0.2) is 48.7 Å². The molecule has 0 radical (unpaired) electrons. The first kappa shape index (κ1) is 12.7. The number of hydrogen-bond donors (Lipinski definition) is 0. The summed E-state index contributed by atoms with van der Waals surface area (Å²) in [5.41, 5.74) is 1.13. The first-order chi connectivity index (χ1) is 8.31. The van der Waals surface area contributed by atoms with Gasteiger partial charge in [0.05, 0.1) is 12.5 Å². The van der Waals surface area contributed by atoms with Gasteiger partial charge in [0.2, 0.25) is 0 Å². The van der Waals surface area contributed by atoms with Crippen LogP contribution < -0.4 is 21.7 Å². The molecule has 2 aromatic carbocycles. The summed E-state index contributed by atoms with van der Waals surface area (Å²) >= 11 is 0. The SMILES string of the molecule is COc1cccc2c3ccccc3c[n+](C)c12.[Cl-]. The van der Waals surface area contributed by atoms with Gasteiger partial charge in [0.1, 0.15) is 7.05 Å². The molecule has 0 amide bonds. The van der Waals surface area contributed by atoms with Gasteiger partial charge in [-0.05, 0) is 18.2 Å². The largest absolute Gasteiger partial charge is 1.00 e. The van der Waals surface area contributed by atoms with Crippen LogP contribution in [-0.4, -0.2) is 7.11 Å². The smallest absolute Gasteiger partial charge is 0.255 e. The standard InChI is InChI=1S/C15H14NO.ClH/c1-16-10-11-6-3-4-7-12(11)13-8-5-9-14(17-2)15(13)16;/h3-10H,1-2H3;1H/q+1;/p-1. The lowest BCUT2D eigenvalue weighted by Gasteiger charge is -2.05. The Kier molecular flexibility index (Phi) is 3.39. The van der Waals surface area contributed by atoms with E-state index in [1.807, 2.05) is 12.1 Å². The summed E-state index contributed by atoms with van der Waals surface area (Å²) in [6.45, 7) is 0. The van der Waals surface area contributed by atoms with Crippen LogP contribution in [0.1, 0.15) is 0 Å². The second kappa shape index (κ2) is 4.83. The highest BCUT2D eigenvalue weighted by Gasteiger charge is 2.14. The normalized spacial score (nSPS) is 10.3. The summed E-state index contributed by atoms with van der Waals surface area (Å²) in [4.78, 5) is 0. The Morgan fingerprint density at radius 1 is 0.944 bits per heavy atom. The molecule has 3 rings (SSSR count). The number of fused-ring (bicyclic) bond motifs is 3. The first-order valence-corrected chi connectivity index (χ1v) is 5.65. The highest BCUT2D eigenvalue weighted by Crippen LogP contribution is 2.27. The molecule has 0 saturated heterocycles. The molecular formula is C15H14ClNO. The lowest BCUT2D eigenvalue weighted by atomic mass is 10.1. The van der Waals surface area contributed by atoms with E-state index in [-0.39, 0.29) is 12.4 Å². The summed E-state index contributed by atoms with van der Waals surface area (Å²) in [5.74, 6) is 0.913. The van der Waals surface area contributed by atoms with Crippen molar-refractivity contribution in [1.29, 1.82) is 0 Å². The summed E-state index contributed by atoms with van der Waals surface area (Å²) in [6.07, 6.45) is 2.14. The Balaban J connectivity index is 0.00000120. The zero-order valence-electron chi connectivity index (χ0n) is 10.4. The second-order valence-corrected chi connectivity index (χ2v) is 4.18. The molecule has 0 fully saturated rings. The number of hydrogen-bond acceptors (Lipinski definition) is 1. The third-order valence-corrected chi connectivity index (χ3v) is 3.16. The van der Waals surface area contributed by atoms with Crippen LogP contribution in [0.3, 0.4) is 0 Å². The number of ether oxygens (including phenoxy) is 1. The summed E-state index contributed by atoms with van der Waals surface area (Å²) in [6, 6.07) is 14.6. The van der Waals surface area contributed by atoms with E-state index in [4.69, 9.17) is 4.74 Å². The number of benzene rings is 2. The van der Waals surface area contributed by atoms with Crippen LogP contribution in [0.2, 0.25) is 0 Å². The molecule has 1 heterocycles. The lowest BCUT2D eigenvalue weighted by molar-refractivity contribution is -0.643. The van der Waals surface area contributed by atoms with E-state index >= 15 is 0 Å². The molecular weight excluding hydrogens is 246 g/mol. The molecule has 2 nitrogen and oxygen atoms in total. The number of nitrogens with zero attached hydrogens (tertiary/aromatic N) is 1. The van der Waals surface area contributed by atoms with Gasteiger partial charge < -0.3 is 17.1 Å². The monoisotopic (exact) mass is 259 g/mol. The highest BCUT2D eigenvalue weighted by molar-refractivity contribution is 6.05. The molecule has 92 valence electrons. The molecule has 3 heteroatoms. The molecule has 0 atom stereocenters. The topological polar surface area (TPSA) is 13.1 Å². The number of methoxy groups -OCH3 is 1. The number of pyridine rings is 1. The predicted octanol–water partition coefficient (Wildman–Crippen LogP) is -0.170. The molecule has 0 spiro atoms. The van der Waals surface area contributed by atoms with E-state index < -0.39 is 0 Å². The maximum absolute atomic E-state index is 5.44. The van der Waals surface area contributed by atoms with Gasteiger partial charge in [-0.3, -0.25) is 0 Å². The quantitative estimate of drug-likeness (QED) is 0.437. The molecule has 0 aliphatic rings. The van der Waals surface area contributed by atoms with E-state index in [1.165, 1.54) is 16.2 Å². The molecule has 3 aromatic rings. The average Bonchev–Trinajstić information content (AvgIpc) is 2.38. The maximum Gasteiger partial charge on any atom is 0.255 e. The minimum absolute atomic E-state index is 0. The van der Waals surface area contributed by atoms with Crippen LogP contribution in [0.5, 0.6) is 5.75 Å². The summed E-state index contributed by atoms with van der Waals surface area (Å²) in [7, 11) is 3.77. The third-order valence-electron chi connectivity index (χ3n) is 3.16. The van der Waals surface area contributed by atoms with E-state index in [2.05, 4.69) is 48.1 Å². The van der Waals surface area contributed by atoms with Crippen molar-refractivity contribution in [1.82, 2.24) is 0 Å². The Morgan fingerprint density at radius 2 is 1.67 bits per heavy atom. The fourth-order valence-electron chi connectivity index (χ4n) is 2.40. The molecule has 1 aromatic heterocycles. The summed E-state index contributed by atoms with van der Waals surface area (Å²) in [5, 5.41) is 3.74. The van der Waals surface area contributed by atoms with Crippen molar-refractivity contribution in [2.24, 2.45) is 7.05 Å². The van der Waals surface area contributed by atoms with Crippen LogP contribution in [-0.2, 0) is 7.05 Å². The number of aryl methyl sites for hydroxylation is 1. The highest BCUT2D eigenvalue weighted by atomic mass is 35.5. The number of rotatable bonds is 1. The Bertz CT molecular complexity index is 709. The van der Waals surface area contributed by atoms with Gasteiger partial charge >= 0.3 is 0 Å². The molecule has 0 unspecified atom stereocenters. The van der Waals surface area contributed by atoms with Crippen LogP contribution >= 0.6 is 0 Å². The maximum atomic E-state index is 5.44. The van der Waals surface area contributed by atoms with Crippen molar-refractivity contribution in [3.05, 3.63) is 48.7 Å². The van der Waals surface area contributed by atoms with Gasteiger partial charge in [0.25, 0.3) is 5.52 Å². The fourth-order valence-corrected chi connectivity index (χ4v) is 2.40. The van der Waals surface area contributed by atoms with Crippen LogP contribution in [0.4, 0.5) is 0 Å². The number of halogens is 1. The second-order valence-electron chi connectivity index (χ2n) is 4.18. The Morgan fingerprint density at radius 3 is 2.44 bits per heavy atom. The first-order valence-electron chi connectivity index (χ1n) is 5.65. The van der Waals surface area contributed by atoms with E-state index in [1.54, 1.807) is 7.11 Å². The van der Waals surface area contributed by atoms with Gasteiger partial charge in [-0.25, -0.2) is 0 Å². The zero-order valence-corrected chi connectivity index (χ0v) is 11.1. The van der Waals surface area contributed by atoms with Gasteiger partial charge in [-0.2, -0.15) is 4.57 Å². The van der Waals surface area contributed by atoms with Gasteiger partial charge in [0.15, 0.2) is 11.9 Å². The van der Waals surface area contributed by atoms with E-state index in [0.717, 1.165) is 11.3 Å². The molecule has 0 N–H and O–H groups in total. The number of para-hydroxylation sites is 1. The van der Waals surface area contributed by atoms with Crippen LogP contribution in [0, 0.1) is 0 Å². The Hall–Kier alpha value is -1.80. The molecule has 0 aliphatic carbocycles. The minimum Gasteiger partial charge on any atom is -1.00 e. The van der Waals surface area contributed by atoms with Crippen molar-refractivity contribution < 1.29 is 21.7 Å². The van der Waals surface area contributed by atoms with Crippen molar-refractivity contribution >= 4 is 21.7 Å². The molecule has 0 saturated carbocycles. The van der Waals surface area contributed by atoms with E-state index in [0.29, 0.717) is 0 Å². The Labute approximate surface area is 112 Å². The molecule has 18 heavy (non-hydrogen) atoms. The third kappa shape index (κ3) is 1.79. The van der Waals surface area contributed by atoms with Crippen molar-refractivity contribution in [2.45, 2.75) is 0 Å². The van der Waals surface area contributed by atoms with Gasteiger partial charge in [0, 0.05) is 10.8 Å². The molecule has 0 aliphatic heterocycles. The lowest BCUT2D eigenvalue weighted by Crippen LogP contribution is -3.00. The van der Waals surface area contributed by atoms with E-state index in [9.17, 15) is 0 Å². The van der Waals surface area contributed by atoms with Crippen molar-refractivity contribution in [2.75, 3.05) is 7.11 Å². The molecule has 0 bridgehead atoms. The number of aromatic nitrogens is 1. The van der Waals surface area contributed by atoms with Gasteiger partial charge in [-0.15, -0.1) is 0 Å². The minimum atomic E-state index is 0. The van der Waals surface area contributed by atoms with Crippen molar-refractivity contribution in [3.63, 3.8) is 0 Å². The fraction of sp³-hybridized carbons (Fsp3) is 0.133. The predicted molar refractivity (Wildman–Crippen MR) is 69.2 cm³/mol. The summed E-state index contributed by atoms with van der Waals surface area (Å²) < 4.78 is 7.56. The zero-order chi connectivity index (χ0) is 11.8. The average molecular weight is 260 g/mol. The van der Waals surface area contributed by atoms with Gasteiger partial charge in [-0.1, -0.05) is 24.3 Å². The van der Waals surface area contributed by atoms with Crippen molar-refractivity contribution in [3.8, 4) is 5.75 Å². The van der Waals surface area contributed by atoms with Crippen LogP contribution in [0.25, 0.3) is 21.7 Å².